The second-order valence-electron chi connectivity index (χ2n) is 12.8. The quantitative estimate of drug-likeness (QED) is 0.313. The van der Waals surface area contributed by atoms with E-state index >= 15 is 0 Å². The van der Waals surface area contributed by atoms with Gasteiger partial charge in [0.15, 0.2) is 0 Å². The topological polar surface area (TPSA) is 109 Å². The third-order valence-electron chi connectivity index (χ3n) is 9.81. The maximum atomic E-state index is 12.7. The zero-order chi connectivity index (χ0) is 33.1. The van der Waals surface area contributed by atoms with Gasteiger partial charge in [0, 0.05) is 69.6 Å². The van der Waals surface area contributed by atoms with Crippen LogP contribution in [0.3, 0.4) is 0 Å². The lowest BCUT2D eigenvalue weighted by Crippen LogP contribution is -2.55. The second kappa shape index (κ2) is 14.0. The number of ether oxygens (including phenoxy) is 2. The third-order valence-corrected chi connectivity index (χ3v) is 9.81. The Hall–Kier alpha value is -4.64. The molecule has 0 spiro atoms. The van der Waals surface area contributed by atoms with E-state index in [4.69, 9.17) is 14.5 Å². The molecule has 10 heteroatoms. The molecule has 0 N–H and O–H groups in total. The number of piperazine rings is 1. The van der Waals surface area contributed by atoms with E-state index in [9.17, 15) is 15.3 Å². The van der Waals surface area contributed by atoms with Crippen LogP contribution in [0.4, 0.5) is 11.4 Å². The van der Waals surface area contributed by atoms with Gasteiger partial charge in [-0.1, -0.05) is 36.9 Å². The van der Waals surface area contributed by atoms with Crippen molar-refractivity contribution in [3.63, 3.8) is 0 Å². The summed E-state index contributed by atoms with van der Waals surface area (Å²) in [5, 5.41) is 22.7. The average molecular weight is 634 g/mol. The van der Waals surface area contributed by atoms with Crippen LogP contribution in [-0.4, -0.2) is 91.9 Å². The number of pyridine rings is 1. The van der Waals surface area contributed by atoms with Crippen molar-refractivity contribution in [2.24, 2.45) is 0 Å². The predicted octanol–water partition coefficient (Wildman–Crippen LogP) is 4.58. The van der Waals surface area contributed by atoms with Crippen LogP contribution in [0.2, 0.25) is 0 Å². The standard InChI is InChI=1S/C37H43N7O3/c1-5-34(45)44-19-18-43(22-28(44)12-15-38)36-30-14-17-42(33-11-7-10-27-9-6-8-25(2)35(27)33)24-32(30)40-37(31(36)20-39)47-26(3)21-41-16-13-29(23-41)46-4/h5-11,26,28-29H,1,12-14,16-19,21-24H2,2-4H3/t26?,28-,29+/m0/s1. The highest BCUT2D eigenvalue weighted by atomic mass is 16.5. The summed E-state index contributed by atoms with van der Waals surface area (Å²) in [6.07, 6.45) is 3.21. The van der Waals surface area contributed by atoms with Gasteiger partial charge >= 0.3 is 0 Å². The van der Waals surface area contributed by atoms with Gasteiger partial charge in [-0.05, 0) is 49.8 Å². The summed E-state index contributed by atoms with van der Waals surface area (Å²) in [6.45, 7) is 13.1. The molecule has 10 nitrogen and oxygen atoms in total. The molecule has 1 aromatic heterocycles. The van der Waals surface area contributed by atoms with Gasteiger partial charge in [0.1, 0.15) is 17.7 Å². The van der Waals surface area contributed by atoms with Crippen molar-refractivity contribution in [2.45, 2.75) is 57.9 Å². The van der Waals surface area contributed by atoms with Crippen molar-refractivity contribution in [1.82, 2.24) is 14.8 Å². The van der Waals surface area contributed by atoms with Gasteiger partial charge in [0.2, 0.25) is 11.8 Å². The highest BCUT2D eigenvalue weighted by Crippen LogP contribution is 2.40. The lowest BCUT2D eigenvalue weighted by Gasteiger charge is -2.43. The van der Waals surface area contributed by atoms with E-state index in [-0.39, 0.29) is 30.6 Å². The Bertz CT molecular complexity index is 1740. The number of nitriles is 2. The monoisotopic (exact) mass is 633 g/mol. The van der Waals surface area contributed by atoms with Crippen LogP contribution in [0.25, 0.3) is 10.8 Å². The number of methoxy groups -OCH3 is 1. The van der Waals surface area contributed by atoms with E-state index in [1.807, 2.05) is 6.92 Å². The molecule has 0 saturated carbocycles. The Morgan fingerprint density at radius 3 is 2.66 bits per heavy atom. The SMILES string of the molecule is C=CC(=O)N1CCN(c2c(C#N)c(OC(C)CN3CC[C@@H](OC)C3)nc3c2CCN(c2cccc4cccc(C)c24)C3)C[C@@H]1CC#N. The number of fused-ring (bicyclic) bond motifs is 2. The summed E-state index contributed by atoms with van der Waals surface area (Å²) in [7, 11) is 1.75. The zero-order valence-corrected chi connectivity index (χ0v) is 27.6. The third kappa shape index (κ3) is 6.49. The first kappa shape index (κ1) is 32.3. The maximum absolute atomic E-state index is 12.7. The first-order chi connectivity index (χ1) is 22.8. The fourth-order valence-corrected chi connectivity index (χ4v) is 7.54. The number of nitrogens with zero attached hydrogens (tertiary/aromatic N) is 7. The van der Waals surface area contributed by atoms with Crippen LogP contribution < -0.4 is 14.5 Å². The molecule has 2 fully saturated rings. The van der Waals surface area contributed by atoms with Gasteiger partial charge in [-0.25, -0.2) is 4.98 Å². The minimum atomic E-state index is -0.319. The molecule has 6 rings (SSSR count). The Labute approximate surface area is 277 Å². The Kier molecular flexibility index (Phi) is 9.63. The van der Waals surface area contributed by atoms with Crippen molar-refractivity contribution < 1.29 is 14.3 Å². The largest absolute Gasteiger partial charge is 0.472 e. The van der Waals surface area contributed by atoms with Gasteiger partial charge in [-0.15, -0.1) is 0 Å². The molecule has 3 atom stereocenters. The van der Waals surface area contributed by atoms with Crippen molar-refractivity contribution in [3.8, 4) is 18.0 Å². The Morgan fingerprint density at radius 1 is 1.13 bits per heavy atom. The summed E-state index contributed by atoms with van der Waals surface area (Å²) in [6, 6.07) is 17.2. The molecule has 3 aliphatic heterocycles. The number of hydrogen-bond acceptors (Lipinski definition) is 9. The van der Waals surface area contributed by atoms with Crippen LogP contribution in [-0.2, 0) is 22.5 Å². The summed E-state index contributed by atoms with van der Waals surface area (Å²) < 4.78 is 12.1. The number of benzene rings is 2. The molecule has 1 amide bonds. The second-order valence-corrected chi connectivity index (χ2v) is 12.8. The first-order valence-corrected chi connectivity index (χ1v) is 16.5. The molecule has 0 radical (unpaired) electrons. The summed E-state index contributed by atoms with van der Waals surface area (Å²) in [5.41, 5.74) is 5.56. The fraction of sp³-hybridized carbons (Fsp3) is 0.459. The van der Waals surface area contributed by atoms with E-state index in [0.29, 0.717) is 50.6 Å². The molecule has 47 heavy (non-hydrogen) atoms. The van der Waals surface area contributed by atoms with Gasteiger partial charge in [0.05, 0.1) is 42.6 Å². The Morgan fingerprint density at radius 2 is 1.94 bits per heavy atom. The smallest absolute Gasteiger partial charge is 0.246 e. The van der Waals surface area contributed by atoms with Crippen LogP contribution >= 0.6 is 0 Å². The molecule has 2 saturated heterocycles. The molecule has 3 aliphatic rings. The number of amides is 1. The van der Waals surface area contributed by atoms with E-state index in [2.05, 4.69) is 76.7 Å². The van der Waals surface area contributed by atoms with Gasteiger partial charge in [0.25, 0.3) is 0 Å². The first-order valence-electron chi connectivity index (χ1n) is 16.5. The molecule has 0 aliphatic carbocycles. The molecular formula is C37H43N7O3. The number of anilines is 2. The van der Waals surface area contributed by atoms with E-state index in [1.54, 1.807) is 12.0 Å². The molecule has 244 valence electrons. The van der Waals surface area contributed by atoms with E-state index in [0.717, 1.165) is 43.0 Å². The van der Waals surface area contributed by atoms with Crippen LogP contribution in [0.1, 0.15) is 42.1 Å². The van der Waals surface area contributed by atoms with Crippen LogP contribution in [0.15, 0.2) is 49.1 Å². The molecular weight excluding hydrogens is 590 g/mol. The number of aryl methyl sites for hydroxylation is 1. The van der Waals surface area contributed by atoms with Crippen molar-refractivity contribution in [3.05, 3.63) is 71.4 Å². The highest BCUT2D eigenvalue weighted by molar-refractivity contribution is 5.97. The minimum Gasteiger partial charge on any atom is -0.472 e. The summed E-state index contributed by atoms with van der Waals surface area (Å²) in [5.74, 6) is 0.160. The molecule has 3 aromatic rings. The predicted molar refractivity (Wildman–Crippen MR) is 182 cm³/mol. The molecule has 1 unspecified atom stereocenters. The van der Waals surface area contributed by atoms with Gasteiger partial charge in [-0.2, -0.15) is 10.5 Å². The lowest BCUT2D eigenvalue weighted by atomic mass is 9.95. The number of rotatable bonds is 9. The molecule has 4 heterocycles. The van der Waals surface area contributed by atoms with Crippen LogP contribution in [0, 0.1) is 29.6 Å². The number of carbonyl (C=O) groups is 1. The van der Waals surface area contributed by atoms with Crippen LogP contribution in [0.5, 0.6) is 5.88 Å². The normalized spacial score (nSPS) is 20.4. The maximum Gasteiger partial charge on any atom is 0.246 e. The number of hydrogen-bond donors (Lipinski definition) is 0. The molecule has 2 aromatic carbocycles. The number of likely N-dealkylation sites (tertiary alicyclic amines) is 1. The van der Waals surface area contributed by atoms with Crippen molar-refractivity contribution in [2.75, 3.05) is 62.7 Å². The number of aromatic nitrogens is 1. The average Bonchev–Trinajstić information content (AvgIpc) is 3.54. The minimum absolute atomic E-state index is 0.182. The number of carbonyl (C=O) groups excluding carboxylic acids is 1. The Balaban J connectivity index is 1.38. The van der Waals surface area contributed by atoms with E-state index < -0.39 is 0 Å². The van der Waals surface area contributed by atoms with Gasteiger partial charge < -0.3 is 24.2 Å². The van der Waals surface area contributed by atoms with E-state index in [1.165, 1.54) is 28.1 Å². The lowest BCUT2D eigenvalue weighted by molar-refractivity contribution is -0.128. The molecule has 0 bridgehead atoms. The summed E-state index contributed by atoms with van der Waals surface area (Å²) in [4.78, 5) is 26.4. The fourth-order valence-electron chi connectivity index (χ4n) is 7.54. The van der Waals surface area contributed by atoms with Gasteiger partial charge in [-0.3, -0.25) is 9.69 Å². The zero-order valence-electron chi connectivity index (χ0n) is 27.6. The highest BCUT2D eigenvalue weighted by Gasteiger charge is 2.35. The van der Waals surface area contributed by atoms with Crippen molar-refractivity contribution in [1.29, 1.82) is 10.5 Å². The summed E-state index contributed by atoms with van der Waals surface area (Å²) >= 11 is 0. The van der Waals surface area contributed by atoms with Crippen molar-refractivity contribution >= 4 is 28.1 Å².